The Hall–Kier alpha value is -4.13. The molecule has 0 aromatic heterocycles. The number of aryl methyl sites for hydroxylation is 3. The van der Waals surface area contributed by atoms with Crippen LogP contribution in [0.15, 0.2) is 66.7 Å². The molecule has 34 heavy (non-hydrogen) atoms. The SMILES string of the molecule is Cc1ccc(NC(=O)C[C@H]2Nc3ccccc3N(CC(=O)Nc3c(C)cccc3C)C2=O)cc1. The maximum Gasteiger partial charge on any atom is 0.250 e. The number of nitrogens with one attached hydrogen (secondary N) is 3. The van der Waals surface area contributed by atoms with Crippen LogP contribution in [0, 0.1) is 20.8 Å². The van der Waals surface area contributed by atoms with Crippen LogP contribution in [-0.2, 0) is 14.4 Å². The Labute approximate surface area is 199 Å². The number of amides is 3. The minimum absolute atomic E-state index is 0.0595. The van der Waals surface area contributed by atoms with Crippen molar-refractivity contribution in [3.63, 3.8) is 0 Å². The highest BCUT2D eigenvalue weighted by molar-refractivity contribution is 6.11. The first-order valence-corrected chi connectivity index (χ1v) is 11.2. The largest absolute Gasteiger partial charge is 0.372 e. The highest BCUT2D eigenvalue weighted by Gasteiger charge is 2.34. The fraction of sp³-hybridized carbons (Fsp3) is 0.222. The van der Waals surface area contributed by atoms with E-state index in [1.165, 1.54) is 4.90 Å². The van der Waals surface area contributed by atoms with Crippen molar-refractivity contribution in [3.8, 4) is 0 Å². The molecular formula is C27H28N4O3. The van der Waals surface area contributed by atoms with Gasteiger partial charge in [-0.1, -0.05) is 48.0 Å². The Morgan fingerprint density at radius 1 is 0.853 bits per heavy atom. The molecule has 3 aromatic carbocycles. The number of hydrogen-bond donors (Lipinski definition) is 3. The van der Waals surface area contributed by atoms with Gasteiger partial charge in [0.2, 0.25) is 11.8 Å². The van der Waals surface area contributed by atoms with Gasteiger partial charge in [-0.15, -0.1) is 0 Å². The second kappa shape index (κ2) is 9.79. The van der Waals surface area contributed by atoms with Crippen LogP contribution < -0.4 is 20.9 Å². The maximum absolute atomic E-state index is 13.3. The first-order valence-electron chi connectivity index (χ1n) is 11.2. The van der Waals surface area contributed by atoms with Crippen LogP contribution in [0.4, 0.5) is 22.7 Å². The molecule has 7 nitrogen and oxygen atoms in total. The normalized spacial score (nSPS) is 14.7. The monoisotopic (exact) mass is 456 g/mol. The molecule has 1 aliphatic heterocycles. The number of fused-ring (bicyclic) bond motifs is 1. The van der Waals surface area contributed by atoms with Crippen LogP contribution in [0.5, 0.6) is 0 Å². The lowest BCUT2D eigenvalue weighted by Crippen LogP contribution is -2.51. The maximum atomic E-state index is 13.3. The zero-order chi connectivity index (χ0) is 24.2. The third-order valence-electron chi connectivity index (χ3n) is 5.86. The fourth-order valence-corrected chi connectivity index (χ4v) is 4.06. The molecule has 0 fully saturated rings. The van der Waals surface area contributed by atoms with E-state index >= 15 is 0 Å². The van der Waals surface area contributed by atoms with E-state index in [9.17, 15) is 14.4 Å². The molecule has 0 aliphatic carbocycles. The van der Waals surface area contributed by atoms with Gasteiger partial charge in [-0.3, -0.25) is 19.3 Å². The minimum Gasteiger partial charge on any atom is -0.372 e. The minimum atomic E-state index is -0.784. The summed E-state index contributed by atoms with van der Waals surface area (Å²) in [6.45, 7) is 5.67. The fourth-order valence-electron chi connectivity index (χ4n) is 4.06. The zero-order valence-corrected chi connectivity index (χ0v) is 19.5. The molecule has 1 aliphatic rings. The van der Waals surface area contributed by atoms with Crippen LogP contribution in [0.2, 0.25) is 0 Å². The Bertz CT molecular complexity index is 1220. The first kappa shape index (κ1) is 23.0. The summed E-state index contributed by atoms with van der Waals surface area (Å²) in [6.07, 6.45) is -0.0595. The average Bonchev–Trinajstić information content (AvgIpc) is 2.80. The number of rotatable bonds is 6. The quantitative estimate of drug-likeness (QED) is 0.513. The molecule has 1 atom stereocenters. The zero-order valence-electron chi connectivity index (χ0n) is 19.5. The number of carbonyl (C=O) groups excluding carboxylic acids is 3. The van der Waals surface area contributed by atoms with Gasteiger partial charge in [-0.05, 0) is 56.2 Å². The lowest BCUT2D eigenvalue weighted by molar-refractivity contribution is -0.124. The van der Waals surface area contributed by atoms with Crippen molar-refractivity contribution < 1.29 is 14.4 Å². The van der Waals surface area contributed by atoms with E-state index in [0.717, 1.165) is 22.4 Å². The smallest absolute Gasteiger partial charge is 0.250 e. The Kier molecular flexibility index (Phi) is 6.63. The molecule has 4 rings (SSSR count). The Balaban J connectivity index is 1.50. The van der Waals surface area contributed by atoms with Crippen molar-refractivity contribution in [2.75, 3.05) is 27.4 Å². The average molecular weight is 457 g/mol. The van der Waals surface area contributed by atoms with Crippen molar-refractivity contribution in [2.45, 2.75) is 33.2 Å². The Morgan fingerprint density at radius 2 is 1.53 bits per heavy atom. The van der Waals surface area contributed by atoms with E-state index in [-0.39, 0.29) is 30.7 Å². The van der Waals surface area contributed by atoms with Gasteiger partial charge in [-0.25, -0.2) is 0 Å². The molecule has 1 heterocycles. The molecule has 0 bridgehead atoms. The van der Waals surface area contributed by atoms with Gasteiger partial charge in [0.15, 0.2) is 0 Å². The predicted octanol–water partition coefficient (Wildman–Crippen LogP) is 4.41. The predicted molar refractivity (Wildman–Crippen MR) is 135 cm³/mol. The summed E-state index contributed by atoms with van der Waals surface area (Å²) in [4.78, 5) is 40.4. The van der Waals surface area contributed by atoms with Crippen molar-refractivity contribution in [2.24, 2.45) is 0 Å². The van der Waals surface area contributed by atoms with Crippen LogP contribution in [0.1, 0.15) is 23.1 Å². The Morgan fingerprint density at radius 3 is 2.24 bits per heavy atom. The van der Waals surface area contributed by atoms with Crippen molar-refractivity contribution in [1.82, 2.24) is 0 Å². The number of anilines is 4. The standard InChI is InChI=1S/C27H28N4O3/c1-17-11-13-20(14-12-17)28-24(32)15-22-27(34)31(23-10-5-4-9-21(23)29-22)16-25(33)30-26-18(2)7-6-8-19(26)3/h4-14,22,29H,15-16H2,1-3H3,(H,28,32)(H,30,33)/t22-/m1/s1. The number of hydrogen-bond acceptors (Lipinski definition) is 4. The lowest BCUT2D eigenvalue weighted by atomic mass is 10.1. The van der Waals surface area contributed by atoms with Crippen molar-refractivity contribution in [3.05, 3.63) is 83.4 Å². The van der Waals surface area contributed by atoms with E-state index in [0.29, 0.717) is 17.1 Å². The number of benzene rings is 3. The topological polar surface area (TPSA) is 90.5 Å². The summed E-state index contributed by atoms with van der Waals surface area (Å²) in [5, 5.41) is 8.93. The number of para-hydroxylation sites is 3. The van der Waals surface area contributed by atoms with Crippen molar-refractivity contribution >= 4 is 40.5 Å². The summed E-state index contributed by atoms with van der Waals surface area (Å²) < 4.78 is 0. The molecule has 3 amide bonds. The first-order chi connectivity index (χ1) is 16.3. The van der Waals surface area contributed by atoms with E-state index in [4.69, 9.17) is 0 Å². The van der Waals surface area contributed by atoms with Gasteiger partial charge in [0.05, 0.1) is 17.8 Å². The van der Waals surface area contributed by atoms with Gasteiger partial charge in [0.25, 0.3) is 5.91 Å². The van der Waals surface area contributed by atoms with Gasteiger partial charge in [0.1, 0.15) is 12.6 Å². The summed E-state index contributed by atoms with van der Waals surface area (Å²) in [7, 11) is 0. The van der Waals surface area contributed by atoms with Crippen LogP contribution in [-0.4, -0.2) is 30.3 Å². The molecule has 3 N–H and O–H groups in total. The molecular weight excluding hydrogens is 428 g/mol. The summed E-state index contributed by atoms with van der Waals surface area (Å²) in [5.74, 6) is -0.909. The van der Waals surface area contributed by atoms with Crippen LogP contribution in [0.3, 0.4) is 0 Å². The lowest BCUT2D eigenvalue weighted by Gasteiger charge is -2.34. The van der Waals surface area contributed by atoms with Gasteiger partial charge in [0, 0.05) is 11.4 Å². The van der Waals surface area contributed by atoms with Crippen LogP contribution in [0.25, 0.3) is 0 Å². The van der Waals surface area contributed by atoms with Gasteiger partial charge < -0.3 is 16.0 Å². The van der Waals surface area contributed by atoms with E-state index in [2.05, 4.69) is 16.0 Å². The van der Waals surface area contributed by atoms with Gasteiger partial charge in [-0.2, -0.15) is 0 Å². The molecule has 0 spiro atoms. The molecule has 0 radical (unpaired) electrons. The molecule has 0 saturated heterocycles. The van der Waals surface area contributed by atoms with Crippen LogP contribution >= 0.6 is 0 Å². The number of carbonyl (C=O) groups is 3. The summed E-state index contributed by atoms with van der Waals surface area (Å²) in [5.41, 5.74) is 5.72. The molecule has 174 valence electrons. The van der Waals surface area contributed by atoms with Gasteiger partial charge >= 0.3 is 0 Å². The summed E-state index contributed by atoms with van der Waals surface area (Å²) in [6, 6.07) is 19.8. The number of nitrogens with zero attached hydrogens (tertiary/aromatic N) is 1. The highest BCUT2D eigenvalue weighted by atomic mass is 16.2. The molecule has 0 saturated carbocycles. The highest BCUT2D eigenvalue weighted by Crippen LogP contribution is 2.32. The van der Waals surface area contributed by atoms with Crippen molar-refractivity contribution in [1.29, 1.82) is 0 Å². The molecule has 3 aromatic rings. The third kappa shape index (κ3) is 5.09. The molecule has 7 heteroatoms. The van der Waals surface area contributed by atoms with E-state index < -0.39 is 6.04 Å². The summed E-state index contributed by atoms with van der Waals surface area (Å²) >= 11 is 0. The molecule has 0 unspecified atom stereocenters. The second-order valence-electron chi connectivity index (χ2n) is 8.57. The second-order valence-corrected chi connectivity index (χ2v) is 8.57. The van der Waals surface area contributed by atoms with E-state index in [1.54, 1.807) is 6.07 Å². The third-order valence-corrected chi connectivity index (χ3v) is 5.86. The van der Waals surface area contributed by atoms with E-state index in [1.807, 2.05) is 81.4 Å².